The van der Waals surface area contributed by atoms with Crippen molar-refractivity contribution in [2.75, 3.05) is 5.73 Å². The van der Waals surface area contributed by atoms with Gasteiger partial charge in [0.1, 0.15) is 17.3 Å². The van der Waals surface area contributed by atoms with Crippen LogP contribution in [0.2, 0.25) is 0 Å². The summed E-state index contributed by atoms with van der Waals surface area (Å²) in [6, 6.07) is 0.319. The topological polar surface area (TPSA) is 61.7 Å². The lowest BCUT2D eigenvalue weighted by Crippen LogP contribution is -2.09. The molecule has 0 aliphatic heterocycles. The van der Waals surface area contributed by atoms with Crippen LogP contribution in [0.25, 0.3) is 11.3 Å². The molecule has 2 N–H and O–H groups in total. The van der Waals surface area contributed by atoms with Crippen molar-refractivity contribution in [3.05, 3.63) is 17.7 Å². The molecule has 0 fully saturated rings. The molecule has 110 valence electrons. The molecule has 0 bridgehead atoms. The standard InChI is InChI=1S/C15H25N5/c1-6-8-13-17-14(15(16)20(13)10(3)4)11-9-19(5)18-12(11)7-2/h9-10H,6-8,16H2,1-5H3. The molecular formula is C15H25N5. The van der Waals surface area contributed by atoms with Crippen LogP contribution in [-0.2, 0) is 19.9 Å². The van der Waals surface area contributed by atoms with Crippen molar-refractivity contribution >= 4 is 5.82 Å². The van der Waals surface area contributed by atoms with E-state index in [0.717, 1.165) is 47.9 Å². The van der Waals surface area contributed by atoms with Crippen molar-refractivity contribution in [1.82, 2.24) is 19.3 Å². The normalized spacial score (nSPS) is 11.5. The van der Waals surface area contributed by atoms with E-state index in [2.05, 4.69) is 37.4 Å². The first-order valence-corrected chi connectivity index (χ1v) is 7.39. The number of nitrogens with zero attached hydrogens (tertiary/aromatic N) is 4. The molecule has 2 aromatic rings. The molecule has 2 aromatic heterocycles. The average Bonchev–Trinajstić information content (AvgIpc) is 2.90. The van der Waals surface area contributed by atoms with Gasteiger partial charge in [-0.2, -0.15) is 5.10 Å². The summed E-state index contributed by atoms with van der Waals surface area (Å²) in [6.45, 7) is 8.56. The highest BCUT2D eigenvalue weighted by Gasteiger charge is 2.20. The van der Waals surface area contributed by atoms with Crippen molar-refractivity contribution < 1.29 is 0 Å². The van der Waals surface area contributed by atoms with Gasteiger partial charge in [0.05, 0.1) is 5.69 Å². The van der Waals surface area contributed by atoms with Gasteiger partial charge in [-0.15, -0.1) is 0 Å². The molecule has 0 spiro atoms. The molecule has 20 heavy (non-hydrogen) atoms. The van der Waals surface area contributed by atoms with Crippen LogP contribution in [0, 0.1) is 0 Å². The Morgan fingerprint density at radius 2 is 2.00 bits per heavy atom. The van der Waals surface area contributed by atoms with Crippen LogP contribution in [0.3, 0.4) is 0 Å². The lowest BCUT2D eigenvalue weighted by Gasteiger charge is -2.13. The predicted molar refractivity (Wildman–Crippen MR) is 82.6 cm³/mol. The number of rotatable bonds is 5. The minimum absolute atomic E-state index is 0.319. The summed E-state index contributed by atoms with van der Waals surface area (Å²) in [4.78, 5) is 4.80. The quantitative estimate of drug-likeness (QED) is 0.912. The molecule has 0 saturated heterocycles. The summed E-state index contributed by atoms with van der Waals surface area (Å²) in [7, 11) is 1.94. The predicted octanol–water partition coefficient (Wildman–Crippen LogP) is 2.96. The van der Waals surface area contributed by atoms with Crippen LogP contribution < -0.4 is 5.73 Å². The zero-order valence-electron chi connectivity index (χ0n) is 13.1. The molecular weight excluding hydrogens is 250 g/mol. The number of hydrogen-bond acceptors (Lipinski definition) is 3. The van der Waals surface area contributed by atoms with E-state index < -0.39 is 0 Å². The Kier molecular flexibility index (Phi) is 4.16. The van der Waals surface area contributed by atoms with Crippen molar-refractivity contribution in [3.8, 4) is 11.3 Å². The van der Waals surface area contributed by atoms with Crippen LogP contribution in [0.15, 0.2) is 6.20 Å². The number of aromatic nitrogens is 4. The third-order valence-corrected chi connectivity index (χ3v) is 3.51. The second-order valence-corrected chi connectivity index (χ2v) is 5.49. The van der Waals surface area contributed by atoms with Gasteiger partial charge in [0.25, 0.3) is 0 Å². The van der Waals surface area contributed by atoms with E-state index in [1.165, 1.54) is 0 Å². The summed E-state index contributed by atoms with van der Waals surface area (Å²) >= 11 is 0. The van der Waals surface area contributed by atoms with Gasteiger partial charge in [-0.3, -0.25) is 4.68 Å². The minimum atomic E-state index is 0.319. The maximum absolute atomic E-state index is 6.36. The fraction of sp³-hybridized carbons (Fsp3) is 0.600. The lowest BCUT2D eigenvalue weighted by atomic mass is 10.1. The molecule has 0 saturated carbocycles. The van der Waals surface area contributed by atoms with Gasteiger partial charge < -0.3 is 10.3 Å². The molecule has 0 aromatic carbocycles. The summed E-state index contributed by atoms with van der Waals surface area (Å²) in [5.41, 5.74) is 9.36. The maximum atomic E-state index is 6.36. The van der Waals surface area contributed by atoms with Gasteiger partial charge in [0.2, 0.25) is 0 Å². The second-order valence-electron chi connectivity index (χ2n) is 5.49. The molecule has 0 unspecified atom stereocenters. The van der Waals surface area contributed by atoms with Crippen LogP contribution in [0.4, 0.5) is 5.82 Å². The maximum Gasteiger partial charge on any atom is 0.132 e. The highest BCUT2D eigenvalue weighted by atomic mass is 15.3. The van der Waals surface area contributed by atoms with Crippen LogP contribution in [-0.4, -0.2) is 19.3 Å². The summed E-state index contributed by atoms with van der Waals surface area (Å²) in [5, 5.41) is 4.49. The van der Waals surface area contributed by atoms with E-state index in [9.17, 15) is 0 Å². The molecule has 0 radical (unpaired) electrons. The molecule has 2 heterocycles. The van der Waals surface area contributed by atoms with E-state index in [4.69, 9.17) is 10.7 Å². The van der Waals surface area contributed by atoms with Gasteiger partial charge in [-0.05, 0) is 26.7 Å². The minimum Gasteiger partial charge on any atom is -0.383 e. The molecule has 0 atom stereocenters. The zero-order valence-corrected chi connectivity index (χ0v) is 13.1. The molecule has 0 aliphatic rings. The lowest BCUT2D eigenvalue weighted by molar-refractivity contribution is 0.571. The van der Waals surface area contributed by atoms with Crippen molar-refractivity contribution in [3.63, 3.8) is 0 Å². The smallest absolute Gasteiger partial charge is 0.132 e. The number of nitrogen functional groups attached to an aromatic ring is 1. The number of anilines is 1. The van der Waals surface area contributed by atoms with Gasteiger partial charge >= 0.3 is 0 Å². The number of imidazole rings is 1. The number of hydrogen-bond donors (Lipinski definition) is 1. The Morgan fingerprint density at radius 1 is 1.30 bits per heavy atom. The number of aryl methyl sites for hydroxylation is 3. The van der Waals surface area contributed by atoms with E-state index >= 15 is 0 Å². The summed E-state index contributed by atoms with van der Waals surface area (Å²) in [5.74, 6) is 1.83. The monoisotopic (exact) mass is 275 g/mol. The average molecular weight is 275 g/mol. The van der Waals surface area contributed by atoms with Gasteiger partial charge in [0.15, 0.2) is 0 Å². The Balaban J connectivity index is 2.59. The van der Waals surface area contributed by atoms with Crippen molar-refractivity contribution in [1.29, 1.82) is 0 Å². The zero-order chi connectivity index (χ0) is 14.9. The summed E-state index contributed by atoms with van der Waals surface area (Å²) in [6.07, 6.45) is 4.91. The Labute approximate surface area is 120 Å². The molecule has 5 heteroatoms. The first-order chi connectivity index (χ1) is 9.49. The Hall–Kier alpha value is -1.78. The highest BCUT2D eigenvalue weighted by Crippen LogP contribution is 2.31. The fourth-order valence-electron chi connectivity index (χ4n) is 2.66. The Morgan fingerprint density at radius 3 is 2.55 bits per heavy atom. The fourth-order valence-corrected chi connectivity index (χ4v) is 2.66. The molecule has 0 aliphatic carbocycles. The van der Waals surface area contributed by atoms with Crippen LogP contribution >= 0.6 is 0 Å². The largest absolute Gasteiger partial charge is 0.383 e. The van der Waals surface area contributed by atoms with Gasteiger partial charge in [-0.1, -0.05) is 13.8 Å². The van der Waals surface area contributed by atoms with E-state index in [0.29, 0.717) is 6.04 Å². The molecule has 0 amide bonds. The van der Waals surface area contributed by atoms with E-state index in [1.54, 1.807) is 0 Å². The van der Waals surface area contributed by atoms with Crippen LogP contribution in [0.1, 0.15) is 51.7 Å². The molecule has 2 rings (SSSR count). The first kappa shape index (κ1) is 14.6. The van der Waals surface area contributed by atoms with Crippen LogP contribution in [0.5, 0.6) is 0 Å². The third-order valence-electron chi connectivity index (χ3n) is 3.51. The third kappa shape index (κ3) is 2.44. The van der Waals surface area contributed by atoms with E-state index in [1.807, 2.05) is 17.9 Å². The highest BCUT2D eigenvalue weighted by molar-refractivity contribution is 5.72. The SMILES string of the molecule is CCCc1nc(-c2cn(C)nc2CC)c(N)n1C(C)C. The van der Waals surface area contributed by atoms with E-state index in [-0.39, 0.29) is 0 Å². The van der Waals surface area contributed by atoms with Gasteiger partial charge in [-0.25, -0.2) is 4.98 Å². The van der Waals surface area contributed by atoms with Crippen molar-refractivity contribution in [2.45, 2.75) is 53.0 Å². The van der Waals surface area contributed by atoms with Gasteiger partial charge in [0, 0.05) is 31.3 Å². The summed E-state index contributed by atoms with van der Waals surface area (Å²) < 4.78 is 3.98. The first-order valence-electron chi connectivity index (χ1n) is 7.39. The molecule has 5 nitrogen and oxygen atoms in total. The second kappa shape index (κ2) is 5.69. The Bertz CT molecular complexity index is 592. The van der Waals surface area contributed by atoms with Crippen molar-refractivity contribution in [2.24, 2.45) is 7.05 Å². The number of nitrogens with two attached hydrogens (primary N) is 1.